The number of nitrogens with zero attached hydrogens (tertiary/aromatic N) is 1. The SMILES string of the molecule is CC(C)C[C@H]1NC(=O)C[C@@H](C(=O)NCCCN2CCCCCC2)NC(=O)c2ccccc2OCCCNC(=O)[C@H](Cc2ccccc2)NC1=O. The fourth-order valence-electron chi connectivity index (χ4n) is 6.28. The molecule has 2 aliphatic rings. The van der Waals surface area contributed by atoms with Crippen molar-refractivity contribution >= 4 is 29.5 Å². The zero-order chi connectivity index (χ0) is 35.7. The molecule has 0 bridgehead atoms. The fraction of sp³-hybridized carbons (Fsp3) is 0.553. The minimum Gasteiger partial charge on any atom is -0.493 e. The number of likely N-dealkylation sites (tertiary alicyclic amines) is 1. The first kappa shape index (κ1) is 38.4. The van der Waals surface area contributed by atoms with Crippen LogP contribution in [0.1, 0.15) is 81.1 Å². The van der Waals surface area contributed by atoms with Crippen molar-refractivity contribution in [1.82, 2.24) is 31.5 Å². The summed E-state index contributed by atoms with van der Waals surface area (Å²) in [5.74, 6) is -2.13. The van der Waals surface area contributed by atoms with Crippen molar-refractivity contribution in [2.45, 2.75) is 89.8 Å². The minimum absolute atomic E-state index is 0.0322. The van der Waals surface area contributed by atoms with Gasteiger partial charge in [0.25, 0.3) is 5.91 Å². The van der Waals surface area contributed by atoms with Crippen molar-refractivity contribution in [3.05, 3.63) is 65.7 Å². The Balaban J connectivity index is 1.53. The average molecular weight is 691 g/mol. The smallest absolute Gasteiger partial charge is 0.255 e. The molecule has 272 valence electrons. The lowest BCUT2D eigenvalue weighted by Gasteiger charge is -2.26. The van der Waals surface area contributed by atoms with Crippen molar-refractivity contribution in [1.29, 1.82) is 0 Å². The van der Waals surface area contributed by atoms with Crippen LogP contribution in [0.5, 0.6) is 5.75 Å². The summed E-state index contributed by atoms with van der Waals surface area (Å²) >= 11 is 0. The molecule has 0 spiro atoms. The molecule has 5 amide bonds. The van der Waals surface area contributed by atoms with E-state index < -0.39 is 41.8 Å². The maximum atomic E-state index is 13.7. The van der Waals surface area contributed by atoms with E-state index in [0.29, 0.717) is 25.1 Å². The van der Waals surface area contributed by atoms with E-state index in [1.54, 1.807) is 24.3 Å². The van der Waals surface area contributed by atoms with Crippen molar-refractivity contribution < 1.29 is 28.7 Å². The van der Waals surface area contributed by atoms with Crippen LogP contribution in [0.15, 0.2) is 54.6 Å². The van der Waals surface area contributed by atoms with Gasteiger partial charge in [0.2, 0.25) is 23.6 Å². The van der Waals surface area contributed by atoms with Crippen LogP contribution in [0.25, 0.3) is 0 Å². The molecule has 5 N–H and O–H groups in total. The molecular weight excluding hydrogens is 636 g/mol. The number of benzene rings is 2. The summed E-state index contributed by atoms with van der Waals surface area (Å²) in [6, 6.07) is 13.0. The van der Waals surface area contributed by atoms with E-state index in [-0.39, 0.29) is 43.4 Å². The molecule has 0 aliphatic carbocycles. The lowest BCUT2D eigenvalue weighted by molar-refractivity contribution is -0.133. The molecule has 0 aromatic heterocycles. The minimum atomic E-state index is -1.20. The summed E-state index contributed by atoms with van der Waals surface area (Å²) in [6.45, 7) is 7.71. The van der Waals surface area contributed by atoms with Crippen LogP contribution in [0.3, 0.4) is 0 Å². The summed E-state index contributed by atoms with van der Waals surface area (Å²) in [4.78, 5) is 70.1. The van der Waals surface area contributed by atoms with Crippen molar-refractivity contribution in [3.63, 3.8) is 0 Å². The third kappa shape index (κ3) is 12.8. The first-order valence-electron chi connectivity index (χ1n) is 18.1. The molecule has 12 heteroatoms. The Labute approximate surface area is 295 Å². The van der Waals surface area contributed by atoms with Gasteiger partial charge in [-0.15, -0.1) is 0 Å². The average Bonchev–Trinajstić information content (AvgIpc) is 3.38. The second-order valence-corrected chi connectivity index (χ2v) is 13.6. The van der Waals surface area contributed by atoms with Gasteiger partial charge in [0.05, 0.1) is 18.6 Å². The summed E-state index contributed by atoms with van der Waals surface area (Å²) in [7, 11) is 0. The van der Waals surface area contributed by atoms with Crippen LogP contribution in [-0.2, 0) is 25.6 Å². The molecule has 0 radical (unpaired) electrons. The molecule has 2 aromatic rings. The Morgan fingerprint density at radius 1 is 0.860 bits per heavy atom. The third-order valence-corrected chi connectivity index (χ3v) is 8.94. The van der Waals surface area contributed by atoms with E-state index in [0.717, 1.165) is 31.6 Å². The quantitative estimate of drug-likeness (QED) is 0.253. The van der Waals surface area contributed by atoms with E-state index in [4.69, 9.17) is 4.74 Å². The molecule has 4 rings (SSSR count). The number of amides is 5. The largest absolute Gasteiger partial charge is 0.493 e. The van der Waals surface area contributed by atoms with Gasteiger partial charge in [-0.25, -0.2) is 0 Å². The predicted octanol–water partition coefficient (Wildman–Crippen LogP) is 2.71. The molecule has 3 atom stereocenters. The zero-order valence-corrected chi connectivity index (χ0v) is 29.5. The van der Waals surface area contributed by atoms with E-state index in [2.05, 4.69) is 31.5 Å². The third-order valence-electron chi connectivity index (χ3n) is 8.94. The fourth-order valence-corrected chi connectivity index (χ4v) is 6.28. The lowest BCUT2D eigenvalue weighted by atomic mass is 10.0. The molecule has 1 saturated heterocycles. The lowest BCUT2D eigenvalue weighted by Crippen LogP contribution is -2.56. The highest BCUT2D eigenvalue weighted by atomic mass is 16.5. The highest BCUT2D eigenvalue weighted by molar-refractivity contribution is 6.01. The molecule has 12 nitrogen and oxygen atoms in total. The van der Waals surface area contributed by atoms with Crippen molar-refractivity contribution in [3.8, 4) is 5.75 Å². The normalized spacial score (nSPS) is 21.9. The first-order valence-corrected chi connectivity index (χ1v) is 18.1. The Morgan fingerprint density at radius 3 is 2.32 bits per heavy atom. The molecule has 1 fully saturated rings. The van der Waals surface area contributed by atoms with Gasteiger partial charge < -0.3 is 36.2 Å². The summed E-state index contributed by atoms with van der Waals surface area (Å²) < 4.78 is 5.93. The van der Waals surface area contributed by atoms with E-state index in [1.807, 2.05) is 44.2 Å². The maximum absolute atomic E-state index is 13.7. The first-order chi connectivity index (χ1) is 24.2. The summed E-state index contributed by atoms with van der Waals surface area (Å²) in [5.41, 5.74) is 1.09. The number of ether oxygens (including phenoxy) is 1. The number of nitrogens with one attached hydrogen (secondary N) is 5. The molecule has 2 heterocycles. The number of carbonyl (C=O) groups excluding carboxylic acids is 5. The Morgan fingerprint density at radius 2 is 1.58 bits per heavy atom. The van der Waals surface area contributed by atoms with Gasteiger partial charge >= 0.3 is 0 Å². The van der Waals surface area contributed by atoms with E-state index >= 15 is 0 Å². The predicted molar refractivity (Wildman–Crippen MR) is 191 cm³/mol. The second-order valence-electron chi connectivity index (χ2n) is 13.6. The van der Waals surface area contributed by atoms with Crippen LogP contribution in [0.4, 0.5) is 0 Å². The van der Waals surface area contributed by atoms with Crippen LogP contribution < -0.4 is 31.3 Å². The van der Waals surface area contributed by atoms with Gasteiger partial charge in [-0.1, -0.05) is 69.2 Å². The highest BCUT2D eigenvalue weighted by Crippen LogP contribution is 2.19. The molecule has 50 heavy (non-hydrogen) atoms. The van der Waals surface area contributed by atoms with Gasteiger partial charge in [0.15, 0.2) is 0 Å². The topological polar surface area (TPSA) is 158 Å². The number of fused-ring (bicyclic) bond motifs is 1. The van der Waals surface area contributed by atoms with Gasteiger partial charge in [0, 0.05) is 19.5 Å². The Bertz CT molecular complexity index is 1410. The maximum Gasteiger partial charge on any atom is 0.255 e. The van der Waals surface area contributed by atoms with Crippen molar-refractivity contribution in [2.75, 3.05) is 39.3 Å². The molecular formula is C38H54N6O6. The Kier molecular flexibility index (Phi) is 15.6. The van der Waals surface area contributed by atoms with Gasteiger partial charge in [-0.2, -0.15) is 0 Å². The van der Waals surface area contributed by atoms with Crippen LogP contribution in [0, 0.1) is 5.92 Å². The van der Waals surface area contributed by atoms with Crippen molar-refractivity contribution in [2.24, 2.45) is 5.92 Å². The van der Waals surface area contributed by atoms with Crippen LogP contribution in [-0.4, -0.2) is 91.9 Å². The number of hydrogen-bond donors (Lipinski definition) is 5. The zero-order valence-electron chi connectivity index (χ0n) is 29.5. The standard InChI is InChI=1S/C38H54N6O6/c1-27(2)24-30-38(49)43-31(25-28-14-6-5-7-15-28)36(47)40-19-13-23-50-33-17-9-8-16-29(33)35(46)42-32(26-34(45)41-30)37(48)39-18-12-22-44-20-10-3-4-11-21-44/h5-9,14-17,27,30-32H,3-4,10-13,18-26H2,1-2H3,(H,39,48)(H,40,47)(H,41,45)(H,42,46)(H,43,49)/t30-,31+,32+/m1/s1. The molecule has 2 aromatic carbocycles. The Hall–Kier alpha value is -4.45. The van der Waals surface area contributed by atoms with Gasteiger partial charge in [-0.3, -0.25) is 24.0 Å². The number of hydrogen-bond acceptors (Lipinski definition) is 7. The molecule has 0 saturated carbocycles. The summed E-state index contributed by atoms with van der Waals surface area (Å²) in [5, 5.41) is 14.2. The molecule has 2 aliphatic heterocycles. The number of carbonyl (C=O) groups is 5. The second kappa shape index (κ2) is 20.3. The van der Waals surface area contributed by atoms with Gasteiger partial charge in [-0.05, 0) is 75.4 Å². The molecule has 0 unspecified atom stereocenters. The highest BCUT2D eigenvalue weighted by Gasteiger charge is 2.31. The summed E-state index contributed by atoms with van der Waals surface area (Å²) in [6.07, 6.45) is 6.21. The van der Waals surface area contributed by atoms with Gasteiger partial charge in [0.1, 0.15) is 23.9 Å². The number of rotatable bonds is 9. The number of para-hydroxylation sites is 1. The monoisotopic (exact) mass is 690 g/mol. The van der Waals surface area contributed by atoms with E-state index in [9.17, 15) is 24.0 Å². The van der Waals surface area contributed by atoms with Crippen LogP contribution in [0.2, 0.25) is 0 Å². The van der Waals surface area contributed by atoms with E-state index in [1.165, 1.54) is 25.7 Å². The van der Waals surface area contributed by atoms with Crippen LogP contribution >= 0.6 is 0 Å².